The lowest BCUT2D eigenvalue weighted by molar-refractivity contribution is -0.254. The zero-order valence-corrected chi connectivity index (χ0v) is 17.0. The molecule has 0 aliphatic heterocycles. The van der Waals surface area contributed by atoms with Gasteiger partial charge in [0, 0.05) is 32.0 Å². The average Bonchev–Trinajstić information content (AvgIpc) is 3.16. The molecule has 0 saturated heterocycles. The van der Waals surface area contributed by atoms with Crippen LogP contribution in [0.15, 0.2) is 12.1 Å². The number of allylic oxidation sites excluding steroid dienone is 2. The molecular weight excluding hydrogens is 438 g/mol. The third kappa shape index (κ3) is 3.02. The van der Waals surface area contributed by atoms with Crippen LogP contribution in [-0.4, -0.2) is 24.4 Å². The summed E-state index contributed by atoms with van der Waals surface area (Å²) in [4.78, 5) is 0.809. The van der Waals surface area contributed by atoms with Gasteiger partial charge in [-0.05, 0) is 32.9 Å². The number of rotatable bonds is 5. The minimum absolute atomic E-state index is 0.0386. The Bertz CT molecular complexity index is 1030. The fraction of sp³-hybridized carbons (Fsp3) is 0.368. The summed E-state index contributed by atoms with van der Waals surface area (Å²) in [6.07, 6.45) is 6.81. The second-order valence-electron chi connectivity index (χ2n) is 6.24. The highest BCUT2D eigenvalue weighted by atomic mass is 32.1. The second-order valence-corrected chi connectivity index (χ2v) is 8.68. The van der Waals surface area contributed by atoms with Gasteiger partial charge in [-0.2, -0.15) is 26.3 Å². The average molecular weight is 452 g/mol. The van der Waals surface area contributed by atoms with Crippen LogP contribution in [-0.2, 0) is 0 Å². The van der Waals surface area contributed by atoms with Crippen LogP contribution in [0.3, 0.4) is 0 Å². The number of hydrogen-bond donors (Lipinski definition) is 0. The summed E-state index contributed by atoms with van der Waals surface area (Å²) < 4.78 is 98.2. The van der Waals surface area contributed by atoms with Gasteiger partial charge in [-0.25, -0.2) is 0 Å². The predicted octanol–water partition coefficient (Wildman–Crippen LogP) is 6.62. The van der Waals surface area contributed by atoms with Gasteiger partial charge >= 0.3 is 17.8 Å². The first-order valence-corrected chi connectivity index (χ1v) is 9.88. The number of hydrogen-bond acceptors (Lipinski definition) is 4. The zero-order chi connectivity index (χ0) is 21.8. The van der Waals surface area contributed by atoms with Crippen LogP contribution in [0.5, 0.6) is 10.1 Å². The van der Waals surface area contributed by atoms with Gasteiger partial charge in [0.15, 0.2) is 5.06 Å². The van der Waals surface area contributed by atoms with Crippen molar-refractivity contribution in [3.63, 3.8) is 0 Å². The molecule has 0 bridgehead atoms. The lowest BCUT2D eigenvalue weighted by atomic mass is 9.97. The molecule has 1 aliphatic rings. The summed E-state index contributed by atoms with van der Waals surface area (Å²) in [5, 5.41) is -0.479. The summed E-state index contributed by atoms with van der Waals surface area (Å²) >= 11 is 1.70. The Kier molecular flexibility index (Phi) is 5.20. The molecule has 0 unspecified atom stereocenters. The first kappa shape index (κ1) is 21.6. The Hall–Kier alpha value is -2.12. The Morgan fingerprint density at radius 1 is 0.897 bits per heavy atom. The molecule has 0 amide bonds. The van der Waals surface area contributed by atoms with Crippen molar-refractivity contribution in [2.75, 3.05) is 6.61 Å². The van der Waals surface area contributed by atoms with Gasteiger partial charge in [0.05, 0.1) is 6.61 Å². The Balaban J connectivity index is 2.44. The molecule has 3 rings (SSSR count). The van der Waals surface area contributed by atoms with Crippen molar-refractivity contribution in [2.45, 2.75) is 38.5 Å². The van der Waals surface area contributed by atoms with E-state index >= 15 is 0 Å². The molecule has 2 aromatic heterocycles. The molecule has 0 saturated carbocycles. The summed E-state index contributed by atoms with van der Waals surface area (Å²) in [5.41, 5.74) is -4.09. The van der Waals surface area contributed by atoms with Crippen LogP contribution < -0.4 is 9.47 Å². The molecular formula is C19H14F6O2S2. The van der Waals surface area contributed by atoms with Crippen molar-refractivity contribution in [1.29, 1.82) is 0 Å². The van der Waals surface area contributed by atoms with E-state index in [2.05, 4.69) is 0 Å². The first-order valence-electron chi connectivity index (χ1n) is 8.25. The van der Waals surface area contributed by atoms with Crippen LogP contribution in [0.1, 0.15) is 27.8 Å². The largest absolute Gasteiger partial charge is 0.484 e. The number of aryl methyl sites for hydroxylation is 2. The fourth-order valence-corrected chi connectivity index (χ4v) is 4.88. The molecule has 0 N–H and O–H groups in total. The lowest BCUT2D eigenvalue weighted by Gasteiger charge is -2.25. The van der Waals surface area contributed by atoms with Crippen LogP contribution in [0.2, 0.25) is 0 Å². The van der Waals surface area contributed by atoms with Crippen molar-refractivity contribution in [1.82, 2.24) is 0 Å². The summed E-state index contributed by atoms with van der Waals surface area (Å²) in [7, 11) is 0. The Morgan fingerprint density at radius 3 is 1.79 bits per heavy atom. The SMILES string of the molecule is C#COc1sc(C)cc1C1=C(c2cc(C)sc2OCC)C(F)(F)C(F)(F)C1(F)F. The molecule has 0 spiro atoms. The normalized spacial score (nSPS) is 19.3. The Morgan fingerprint density at radius 2 is 1.34 bits per heavy atom. The molecule has 2 nitrogen and oxygen atoms in total. The molecule has 29 heavy (non-hydrogen) atoms. The molecule has 0 atom stereocenters. The maximum atomic E-state index is 14.8. The van der Waals surface area contributed by atoms with Gasteiger partial charge in [-0.15, -0.1) is 22.7 Å². The highest BCUT2D eigenvalue weighted by Gasteiger charge is 2.80. The predicted molar refractivity (Wildman–Crippen MR) is 100 cm³/mol. The summed E-state index contributed by atoms with van der Waals surface area (Å²) in [5.74, 6) is -16.0. The summed E-state index contributed by atoms with van der Waals surface area (Å²) in [6, 6.07) is 2.22. The van der Waals surface area contributed by atoms with Gasteiger partial charge in [-0.1, -0.05) is 6.42 Å². The van der Waals surface area contributed by atoms with E-state index < -0.39 is 40.0 Å². The number of terminal acetylenes is 1. The maximum absolute atomic E-state index is 14.8. The molecule has 156 valence electrons. The molecule has 1 aliphatic carbocycles. The van der Waals surface area contributed by atoms with E-state index in [9.17, 15) is 26.3 Å². The molecule has 0 radical (unpaired) electrons. The van der Waals surface area contributed by atoms with Crippen LogP contribution in [0, 0.1) is 26.4 Å². The van der Waals surface area contributed by atoms with Crippen LogP contribution >= 0.6 is 22.7 Å². The number of halogens is 6. The van der Waals surface area contributed by atoms with Gasteiger partial charge < -0.3 is 9.47 Å². The van der Waals surface area contributed by atoms with Crippen molar-refractivity contribution >= 4 is 33.8 Å². The van der Waals surface area contributed by atoms with E-state index in [1.54, 1.807) is 13.0 Å². The Labute approximate surface area is 170 Å². The van der Waals surface area contributed by atoms with Gasteiger partial charge in [0.1, 0.15) is 6.11 Å². The highest BCUT2D eigenvalue weighted by Crippen LogP contribution is 2.67. The maximum Gasteiger partial charge on any atom is 0.380 e. The fourth-order valence-electron chi connectivity index (χ4n) is 3.13. The smallest absolute Gasteiger partial charge is 0.380 e. The van der Waals surface area contributed by atoms with Gasteiger partial charge in [0.25, 0.3) is 0 Å². The van der Waals surface area contributed by atoms with E-state index in [0.29, 0.717) is 9.75 Å². The zero-order valence-electron chi connectivity index (χ0n) is 15.3. The minimum Gasteiger partial charge on any atom is -0.484 e. The van der Waals surface area contributed by atoms with Crippen LogP contribution in [0.25, 0.3) is 11.1 Å². The summed E-state index contributed by atoms with van der Waals surface area (Å²) in [6.45, 7) is 4.62. The van der Waals surface area contributed by atoms with Crippen molar-refractivity contribution in [3.8, 4) is 22.7 Å². The van der Waals surface area contributed by atoms with E-state index in [4.69, 9.17) is 15.9 Å². The quantitative estimate of drug-likeness (QED) is 0.375. The van der Waals surface area contributed by atoms with Gasteiger partial charge in [0.2, 0.25) is 5.06 Å². The van der Waals surface area contributed by atoms with Crippen LogP contribution in [0.4, 0.5) is 26.3 Å². The lowest BCUT2D eigenvalue weighted by Crippen LogP contribution is -2.48. The molecule has 2 heterocycles. The molecule has 0 aromatic carbocycles. The standard InChI is InChI=1S/C19H14F6O2S2/c1-5-26-15-11(7-9(3)28-15)13-14(12-8-10(4)29-16(12)27-6-2)18(22,23)19(24,25)17(13,20)21/h1,7-8H,6H2,2-4H3. The highest BCUT2D eigenvalue weighted by molar-refractivity contribution is 7.14. The van der Waals surface area contributed by atoms with Crippen molar-refractivity contribution < 1.29 is 35.8 Å². The van der Waals surface area contributed by atoms with E-state index in [-0.39, 0.29) is 16.7 Å². The van der Waals surface area contributed by atoms with E-state index in [1.807, 2.05) is 0 Å². The second kappa shape index (κ2) is 6.99. The first-order chi connectivity index (χ1) is 13.4. The topological polar surface area (TPSA) is 18.5 Å². The van der Waals surface area contributed by atoms with E-state index in [0.717, 1.165) is 34.8 Å². The number of ether oxygens (including phenoxy) is 2. The number of alkyl halides is 6. The third-order valence-electron chi connectivity index (χ3n) is 4.27. The number of thiophene rings is 2. The molecule has 0 fully saturated rings. The monoisotopic (exact) mass is 452 g/mol. The third-order valence-corrected chi connectivity index (χ3v) is 6.17. The van der Waals surface area contributed by atoms with Crippen molar-refractivity contribution in [3.05, 3.63) is 33.0 Å². The van der Waals surface area contributed by atoms with Gasteiger partial charge in [-0.3, -0.25) is 0 Å². The molecule has 2 aromatic rings. The van der Waals surface area contributed by atoms with Crippen molar-refractivity contribution in [2.24, 2.45) is 0 Å². The minimum atomic E-state index is -5.66. The molecule has 10 heteroatoms. The van der Waals surface area contributed by atoms with E-state index in [1.165, 1.54) is 13.8 Å².